The number of fused-ring (bicyclic) bond motifs is 1. The molecule has 5 heteroatoms. The highest BCUT2D eigenvalue weighted by Crippen LogP contribution is 2.40. The van der Waals surface area contributed by atoms with E-state index in [9.17, 15) is 4.79 Å². The van der Waals surface area contributed by atoms with Gasteiger partial charge in [-0.1, -0.05) is 15.9 Å². The molecule has 1 saturated carbocycles. The zero-order chi connectivity index (χ0) is 15.9. The van der Waals surface area contributed by atoms with Gasteiger partial charge in [-0.15, -0.1) is 11.8 Å². The summed E-state index contributed by atoms with van der Waals surface area (Å²) in [6.07, 6.45) is 2.30. The summed E-state index contributed by atoms with van der Waals surface area (Å²) >= 11 is 5.08. The van der Waals surface area contributed by atoms with Crippen LogP contribution in [0.5, 0.6) is 0 Å². The summed E-state index contributed by atoms with van der Waals surface area (Å²) in [6.45, 7) is 5.78. The quantitative estimate of drug-likeness (QED) is 0.813. The lowest BCUT2D eigenvalue weighted by Crippen LogP contribution is -2.43. The minimum absolute atomic E-state index is 0.238. The second-order valence-corrected chi connectivity index (χ2v) is 9.55. The minimum atomic E-state index is -0.448. The third-order valence-corrected chi connectivity index (χ3v) is 6.62. The first-order valence-electron chi connectivity index (χ1n) is 7.86. The van der Waals surface area contributed by atoms with Crippen molar-refractivity contribution >= 4 is 33.6 Å². The van der Waals surface area contributed by atoms with Gasteiger partial charge < -0.3 is 10.6 Å². The van der Waals surface area contributed by atoms with Gasteiger partial charge in [0.2, 0.25) is 5.91 Å². The van der Waals surface area contributed by atoms with Crippen LogP contribution in [0.25, 0.3) is 0 Å². The topological polar surface area (TPSA) is 46.3 Å². The molecular formula is C17H23BrN2OS. The normalized spacial score (nSPS) is 28.0. The van der Waals surface area contributed by atoms with Crippen molar-refractivity contribution in [2.24, 2.45) is 17.6 Å². The third-order valence-electron chi connectivity index (χ3n) is 4.90. The minimum Gasteiger partial charge on any atom is -0.341 e. The highest BCUT2D eigenvalue weighted by molar-refractivity contribution is 9.10. The van der Waals surface area contributed by atoms with E-state index in [-0.39, 0.29) is 11.9 Å². The molecule has 0 spiro atoms. The van der Waals surface area contributed by atoms with Crippen LogP contribution in [-0.2, 0) is 4.79 Å². The Labute approximate surface area is 145 Å². The van der Waals surface area contributed by atoms with Crippen LogP contribution in [0.3, 0.4) is 0 Å². The van der Waals surface area contributed by atoms with E-state index in [4.69, 9.17) is 5.73 Å². The smallest absolute Gasteiger partial charge is 0.238 e. The average molecular weight is 383 g/mol. The summed E-state index contributed by atoms with van der Waals surface area (Å²) in [5.41, 5.74) is 6.18. The van der Waals surface area contributed by atoms with Crippen LogP contribution >= 0.6 is 27.7 Å². The van der Waals surface area contributed by atoms with Crippen molar-refractivity contribution in [3.8, 4) is 0 Å². The van der Waals surface area contributed by atoms with Gasteiger partial charge in [-0.25, -0.2) is 0 Å². The molecule has 2 N–H and O–H groups in total. The Balaban J connectivity index is 1.67. The second-order valence-electron chi connectivity index (χ2n) is 6.94. The van der Waals surface area contributed by atoms with E-state index in [0.717, 1.165) is 28.9 Å². The number of halogens is 1. The lowest BCUT2D eigenvalue weighted by atomic mass is 9.98. The van der Waals surface area contributed by atoms with Gasteiger partial charge in [0.1, 0.15) is 0 Å². The van der Waals surface area contributed by atoms with E-state index in [2.05, 4.69) is 28.1 Å². The van der Waals surface area contributed by atoms with E-state index in [1.807, 2.05) is 30.9 Å². The zero-order valence-electron chi connectivity index (χ0n) is 13.1. The molecule has 3 nitrogen and oxygen atoms in total. The highest BCUT2D eigenvalue weighted by atomic mass is 79.9. The molecule has 1 aliphatic heterocycles. The van der Waals surface area contributed by atoms with Gasteiger partial charge in [0, 0.05) is 28.5 Å². The number of hydrogen-bond acceptors (Lipinski definition) is 3. The van der Waals surface area contributed by atoms with E-state index >= 15 is 0 Å². The molecule has 1 saturated heterocycles. The monoisotopic (exact) mass is 382 g/mol. The Morgan fingerprint density at radius 1 is 1.27 bits per heavy atom. The zero-order valence-corrected chi connectivity index (χ0v) is 15.5. The van der Waals surface area contributed by atoms with Gasteiger partial charge in [-0.3, -0.25) is 4.79 Å². The highest BCUT2D eigenvalue weighted by Gasteiger charge is 2.45. The van der Waals surface area contributed by atoms with Gasteiger partial charge in [0.15, 0.2) is 0 Å². The molecule has 2 aliphatic rings. The molecule has 1 aliphatic carbocycles. The first-order valence-corrected chi connectivity index (χ1v) is 9.47. The van der Waals surface area contributed by atoms with Gasteiger partial charge >= 0.3 is 0 Å². The fourth-order valence-corrected chi connectivity index (χ4v) is 5.04. The van der Waals surface area contributed by atoms with E-state index in [0.29, 0.717) is 11.8 Å². The SMILES string of the molecule is CC(C)(Sc1ccc(Br)cc1)C(=O)N1CC2CCC(N)C2C1. The van der Waals surface area contributed by atoms with Crippen molar-refractivity contribution in [3.05, 3.63) is 28.7 Å². The Morgan fingerprint density at radius 3 is 2.59 bits per heavy atom. The van der Waals surface area contributed by atoms with Crippen molar-refractivity contribution in [1.82, 2.24) is 4.90 Å². The number of carbonyl (C=O) groups is 1. The summed E-state index contributed by atoms with van der Waals surface area (Å²) in [5.74, 6) is 1.37. The van der Waals surface area contributed by atoms with Crippen molar-refractivity contribution in [1.29, 1.82) is 0 Å². The molecule has 1 heterocycles. The number of carbonyl (C=O) groups excluding carboxylic acids is 1. The number of likely N-dealkylation sites (tertiary alicyclic amines) is 1. The molecule has 2 fully saturated rings. The predicted molar refractivity (Wildman–Crippen MR) is 94.8 cm³/mol. The molecule has 120 valence electrons. The van der Waals surface area contributed by atoms with Gasteiger partial charge in [0.25, 0.3) is 0 Å². The number of nitrogens with zero attached hydrogens (tertiary/aromatic N) is 1. The van der Waals surface area contributed by atoms with E-state index < -0.39 is 4.75 Å². The predicted octanol–water partition coefficient (Wildman–Crippen LogP) is 3.52. The van der Waals surface area contributed by atoms with E-state index in [1.54, 1.807) is 11.8 Å². The summed E-state index contributed by atoms with van der Waals surface area (Å²) in [5, 5.41) is 0. The first kappa shape index (κ1) is 16.3. The number of thioether (sulfide) groups is 1. The summed E-state index contributed by atoms with van der Waals surface area (Å²) in [7, 11) is 0. The first-order chi connectivity index (χ1) is 10.4. The standard InChI is InChI=1S/C17H23BrN2OS/c1-17(2,22-13-6-4-12(18)5-7-13)16(21)20-9-11-3-8-15(19)14(11)10-20/h4-7,11,14-15H,3,8-10,19H2,1-2H3. The van der Waals surface area contributed by atoms with Crippen molar-refractivity contribution in [2.75, 3.05) is 13.1 Å². The summed E-state index contributed by atoms with van der Waals surface area (Å²) in [4.78, 5) is 16.1. The van der Waals surface area contributed by atoms with Crippen molar-refractivity contribution < 1.29 is 4.79 Å². The molecule has 3 atom stereocenters. The number of amides is 1. The molecule has 3 rings (SSSR count). The maximum Gasteiger partial charge on any atom is 0.238 e. The Bertz CT molecular complexity index is 560. The fraction of sp³-hybridized carbons (Fsp3) is 0.588. The number of nitrogens with two attached hydrogens (primary N) is 1. The van der Waals surface area contributed by atoms with Crippen LogP contribution in [0, 0.1) is 11.8 Å². The number of rotatable bonds is 3. The van der Waals surface area contributed by atoms with Crippen LogP contribution in [-0.4, -0.2) is 34.7 Å². The van der Waals surface area contributed by atoms with Gasteiger partial charge in [-0.2, -0.15) is 0 Å². The molecule has 0 aromatic heterocycles. The molecule has 1 aromatic rings. The van der Waals surface area contributed by atoms with Crippen LogP contribution < -0.4 is 5.73 Å². The molecular weight excluding hydrogens is 360 g/mol. The fourth-order valence-electron chi connectivity index (χ4n) is 3.70. The molecule has 1 amide bonds. The van der Waals surface area contributed by atoms with Gasteiger partial charge in [0.05, 0.1) is 4.75 Å². The van der Waals surface area contributed by atoms with Crippen LogP contribution in [0.1, 0.15) is 26.7 Å². The molecule has 1 aromatic carbocycles. The molecule has 0 radical (unpaired) electrons. The Hall–Kier alpha value is -0.520. The summed E-state index contributed by atoms with van der Waals surface area (Å²) in [6, 6.07) is 8.42. The third kappa shape index (κ3) is 3.22. The van der Waals surface area contributed by atoms with Crippen LogP contribution in [0.4, 0.5) is 0 Å². The van der Waals surface area contributed by atoms with E-state index in [1.165, 1.54) is 6.42 Å². The van der Waals surface area contributed by atoms with Crippen molar-refractivity contribution in [3.63, 3.8) is 0 Å². The van der Waals surface area contributed by atoms with Gasteiger partial charge in [-0.05, 0) is 62.8 Å². The maximum atomic E-state index is 12.9. The van der Waals surface area contributed by atoms with Crippen molar-refractivity contribution in [2.45, 2.75) is 42.4 Å². The van der Waals surface area contributed by atoms with Crippen LogP contribution in [0.15, 0.2) is 33.6 Å². The van der Waals surface area contributed by atoms with Crippen LogP contribution in [0.2, 0.25) is 0 Å². The second kappa shape index (κ2) is 6.17. The number of hydrogen-bond donors (Lipinski definition) is 1. The lowest BCUT2D eigenvalue weighted by Gasteiger charge is -2.29. The maximum absolute atomic E-state index is 12.9. The molecule has 22 heavy (non-hydrogen) atoms. The largest absolute Gasteiger partial charge is 0.341 e. The molecule has 0 bridgehead atoms. The average Bonchev–Trinajstić information content (AvgIpc) is 3.03. The Morgan fingerprint density at radius 2 is 1.95 bits per heavy atom. The molecule has 3 unspecified atom stereocenters. The lowest BCUT2D eigenvalue weighted by molar-refractivity contribution is -0.132. The number of benzene rings is 1. The summed E-state index contributed by atoms with van der Waals surface area (Å²) < 4.78 is 0.610. The Kier molecular flexibility index (Phi) is 4.59.